The van der Waals surface area contributed by atoms with E-state index in [4.69, 9.17) is 9.84 Å². The average molecular weight is 486 g/mol. The van der Waals surface area contributed by atoms with Crippen LogP contribution in [0.4, 0.5) is 4.79 Å². The van der Waals surface area contributed by atoms with Gasteiger partial charge in [0.2, 0.25) is 0 Å². The number of hydrogen-bond donors (Lipinski definition) is 1. The summed E-state index contributed by atoms with van der Waals surface area (Å²) < 4.78 is 9.87. The number of aromatic nitrogens is 5. The molecule has 0 spiro atoms. The first kappa shape index (κ1) is 24.4. The Balaban J connectivity index is 1.40. The van der Waals surface area contributed by atoms with Crippen molar-refractivity contribution in [3.8, 4) is 11.3 Å². The van der Waals surface area contributed by atoms with Gasteiger partial charge in [-0.15, -0.1) is 0 Å². The van der Waals surface area contributed by atoms with Crippen molar-refractivity contribution in [3.63, 3.8) is 0 Å². The molecule has 1 saturated heterocycles. The van der Waals surface area contributed by atoms with Crippen molar-refractivity contribution >= 4 is 25.2 Å². The zero-order chi connectivity index (χ0) is 24.3. The van der Waals surface area contributed by atoms with E-state index in [1.807, 2.05) is 33.9 Å². The summed E-state index contributed by atoms with van der Waals surface area (Å²) >= 11 is 0. The number of nitrogens with zero attached hydrogens (tertiary/aromatic N) is 7. The predicted molar refractivity (Wildman–Crippen MR) is 133 cm³/mol. The fourth-order valence-corrected chi connectivity index (χ4v) is 4.96. The summed E-state index contributed by atoms with van der Waals surface area (Å²) in [6, 6.07) is 3.43. The smallest absolute Gasteiger partial charge is 0.407 e. The molecular formula is C23H35N7O3Si. The van der Waals surface area contributed by atoms with Crippen LogP contribution in [0, 0.1) is 0 Å². The summed E-state index contributed by atoms with van der Waals surface area (Å²) in [7, 11) is -1.11. The molecule has 1 fully saturated rings. The highest BCUT2D eigenvalue weighted by Gasteiger charge is 2.24. The number of carboxylic acid groups (broad SMARTS) is 1. The lowest BCUT2D eigenvalue weighted by molar-refractivity contribution is 0.0836. The lowest BCUT2D eigenvalue weighted by Gasteiger charge is -2.36. The third kappa shape index (κ3) is 5.83. The minimum absolute atomic E-state index is 0.253. The molecule has 0 radical (unpaired) electrons. The molecule has 1 aliphatic rings. The van der Waals surface area contributed by atoms with E-state index in [-0.39, 0.29) is 6.04 Å². The molecule has 1 aliphatic heterocycles. The topological polar surface area (TPSA) is 102 Å². The molecule has 4 heterocycles. The van der Waals surface area contributed by atoms with E-state index < -0.39 is 14.2 Å². The number of ether oxygens (including phenoxy) is 1. The maximum atomic E-state index is 11.1. The number of fused-ring (bicyclic) bond motifs is 1. The standard InChI is InChI=1S/C23H35N7O3Si/c1-18(27-7-9-28(10-8-27)23(31)32)14-30-15-19(13-26-30)21-20-5-6-29(22(20)25-16-24-21)17-33-11-12-34(2,3)4/h5-6,13,15-16,18H,7-12,14,17H2,1-4H3,(H,31,32). The Morgan fingerprint density at radius 1 is 1.21 bits per heavy atom. The molecule has 34 heavy (non-hydrogen) atoms. The van der Waals surface area contributed by atoms with Crippen LogP contribution in [0.2, 0.25) is 25.7 Å². The van der Waals surface area contributed by atoms with Crippen molar-refractivity contribution in [2.75, 3.05) is 32.8 Å². The van der Waals surface area contributed by atoms with Gasteiger partial charge in [-0.05, 0) is 19.0 Å². The number of hydrogen-bond acceptors (Lipinski definition) is 6. The SMILES string of the molecule is CC(Cn1cc(-c2ncnc3c2ccn3COCC[Si](C)(C)C)cn1)N1CCN(C(=O)O)CC1. The predicted octanol–water partition coefficient (Wildman–Crippen LogP) is 3.29. The molecule has 0 bridgehead atoms. The molecule has 11 heteroatoms. The summed E-state index contributed by atoms with van der Waals surface area (Å²) in [6.07, 6.45) is 6.62. The van der Waals surface area contributed by atoms with Gasteiger partial charge < -0.3 is 19.3 Å². The number of amides is 1. The Kier molecular flexibility index (Phi) is 7.34. The van der Waals surface area contributed by atoms with Crippen molar-refractivity contribution in [2.24, 2.45) is 0 Å². The van der Waals surface area contributed by atoms with Crippen LogP contribution in [0.5, 0.6) is 0 Å². The second-order valence-corrected chi connectivity index (χ2v) is 15.8. The van der Waals surface area contributed by atoms with Crippen LogP contribution in [-0.2, 0) is 18.0 Å². The minimum atomic E-state index is -1.11. The third-order valence-corrected chi connectivity index (χ3v) is 8.05. The number of piperazine rings is 1. The van der Waals surface area contributed by atoms with Gasteiger partial charge in [-0.1, -0.05) is 19.6 Å². The Labute approximate surface area is 201 Å². The summed E-state index contributed by atoms with van der Waals surface area (Å²) in [4.78, 5) is 23.9. The van der Waals surface area contributed by atoms with Crippen molar-refractivity contribution in [1.82, 2.24) is 34.1 Å². The highest BCUT2D eigenvalue weighted by molar-refractivity contribution is 6.76. The monoisotopic (exact) mass is 485 g/mol. The largest absolute Gasteiger partial charge is 0.465 e. The Bertz CT molecular complexity index is 1120. The molecule has 10 nitrogen and oxygen atoms in total. The maximum Gasteiger partial charge on any atom is 0.407 e. The lowest BCUT2D eigenvalue weighted by atomic mass is 10.2. The molecule has 3 aromatic rings. The molecule has 0 aromatic carbocycles. The fourth-order valence-electron chi connectivity index (χ4n) is 4.21. The summed E-state index contributed by atoms with van der Waals surface area (Å²) in [5, 5.41) is 14.7. The second kappa shape index (κ2) is 10.2. The first-order valence-corrected chi connectivity index (χ1v) is 15.5. The normalized spacial score (nSPS) is 16.3. The second-order valence-electron chi connectivity index (χ2n) is 10.2. The third-order valence-electron chi connectivity index (χ3n) is 6.35. The van der Waals surface area contributed by atoms with E-state index in [2.05, 4.69) is 46.5 Å². The molecule has 1 atom stereocenters. The molecule has 1 amide bonds. The summed E-state index contributed by atoms with van der Waals surface area (Å²) in [5.74, 6) is 0. The van der Waals surface area contributed by atoms with Crippen molar-refractivity contribution < 1.29 is 14.6 Å². The van der Waals surface area contributed by atoms with Gasteiger partial charge >= 0.3 is 6.09 Å². The summed E-state index contributed by atoms with van der Waals surface area (Å²) in [5.41, 5.74) is 2.67. The van der Waals surface area contributed by atoms with Crippen LogP contribution in [0.1, 0.15) is 6.92 Å². The maximum absolute atomic E-state index is 11.1. The molecule has 184 valence electrons. The molecule has 4 rings (SSSR count). The lowest BCUT2D eigenvalue weighted by Crippen LogP contribution is -2.51. The van der Waals surface area contributed by atoms with Crippen LogP contribution in [0.25, 0.3) is 22.3 Å². The van der Waals surface area contributed by atoms with Crippen molar-refractivity contribution in [3.05, 3.63) is 31.0 Å². The van der Waals surface area contributed by atoms with Gasteiger partial charge in [0.05, 0.1) is 18.4 Å². The van der Waals surface area contributed by atoms with E-state index in [9.17, 15) is 4.79 Å². The van der Waals surface area contributed by atoms with Gasteiger partial charge in [0.25, 0.3) is 0 Å². The van der Waals surface area contributed by atoms with E-state index in [0.717, 1.165) is 54.6 Å². The van der Waals surface area contributed by atoms with Gasteiger partial charge in [0, 0.05) is 70.2 Å². The molecule has 1 N–H and O–H groups in total. The molecular weight excluding hydrogens is 450 g/mol. The van der Waals surface area contributed by atoms with Gasteiger partial charge in [-0.2, -0.15) is 5.10 Å². The Morgan fingerprint density at radius 2 is 1.97 bits per heavy atom. The van der Waals surface area contributed by atoms with Crippen molar-refractivity contribution in [2.45, 2.75) is 51.9 Å². The first-order valence-electron chi connectivity index (χ1n) is 11.8. The molecule has 0 aliphatic carbocycles. The fraction of sp³-hybridized carbons (Fsp3) is 0.565. The minimum Gasteiger partial charge on any atom is -0.465 e. The van der Waals surface area contributed by atoms with Gasteiger partial charge in [-0.25, -0.2) is 14.8 Å². The van der Waals surface area contributed by atoms with Crippen LogP contribution in [-0.4, -0.2) is 92.2 Å². The van der Waals surface area contributed by atoms with Crippen LogP contribution in [0.15, 0.2) is 31.0 Å². The highest BCUT2D eigenvalue weighted by atomic mass is 28.3. The summed E-state index contributed by atoms with van der Waals surface area (Å²) in [6.45, 7) is 13.7. The van der Waals surface area contributed by atoms with Crippen molar-refractivity contribution in [1.29, 1.82) is 0 Å². The van der Waals surface area contributed by atoms with Crippen LogP contribution in [0.3, 0.4) is 0 Å². The van der Waals surface area contributed by atoms with Gasteiger partial charge in [0.15, 0.2) is 0 Å². The van der Waals surface area contributed by atoms with E-state index in [1.165, 1.54) is 4.90 Å². The van der Waals surface area contributed by atoms with Gasteiger partial charge in [-0.3, -0.25) is 9.58 Å². The highest BCUT2D eigenvalue weighted by Crippen LogP contribution is 2.26. The molecule has 1 unspecified atom stereocenters. The number of rotatable bonds is 9. The van der Waals surface area contributed by atoms with E-state index >= 15 is 0 Å². The van der Waals surface area contributed by atoms with Crippen LogP contribution >= 0.6 is 0 Å². The van der Waals surface area contributed by atoms with E-state index in [0.29, 0.717) is 19.8 Å². The first-order chi connectivity index (χ1) is 16.2. The zero-order valence-electron chi connectivity index (χ0n) is 20.5. The quantitative estimate of drug-likeness (QED) is 0.366. The zero-order valence-corrected chi connectivity index (χ0v) is 21.5. The molecule has 0 saturated carbocycles. The van der Waals surface area contributed by atoms with E-state index in [1.54, 1.807) is 6.33 Å². The average Bonchev–Trinajstić information content (AvgIpc) is 3.43. The van der Waals surface area contributed by atoms with Gasteiger partial charge in [0.1, 0.15) is 18.7 Å². The molecule has 3 aromatic heterocycles. The number of carbonyl (C=O) groups is 1. The van der Waals surface area contributed by atoms with Crippen LogP contribution < -0.4 is 0 Å². The Hall–Kier alpha value is -2.76. The Morgan fingerprint density at radius 3 is 2.68 bits per heavy atom.